The number of nitrogens with zero attached hydrogens (tertiary/aromatic N) is 1. The number of aromatic amines is 1. The van der Waals surface area contributed by atoms with Gasteiger partial charge in [0.25, 0.3) is 0 Å². The molecule has 1 heterocycles. The van der Waals surface area contributed by atoms with Crippen LogP contribution in [-0.4, -0.2) is 22.5 Å². The second kappa shape index (κ2) is 5.51. The Hall–Kier alpha value is -1.37. The Kier molecular flexibility index (Phi) is 4.00. The maximum atomic E-state index is 11.7. The normalized spacial score (nSPS) is 10.4. The van der Waals surface area contributed by atoms with E-state index in [-0.39, 0.29) is 5.97 Å². The molecule has 2 rings (SSSR count). The predicted molar refractivity (Wildman–Crippen MR) is 77.4 cm³/mol. The molecule has 1 aromatic heterocycles. The Balaban J connectivity index is 2.34. The second-order valence-corrected chi connectivity index (χ2v) is 5.03. The number of hydrogen-bond acceptors (Lipinski definition) is 3. The molecule has 2 aromatic rings. The van der Waals surface area contributed by atoms with Gasteiger partial charge in [-0.25, -0.2) is 9.78 Å². The number of rotatable bonds is 3. The summed E-state index contributed by atoms with van der Waals surface area (Å²) in [7, 11) is 0. The average Bonchev–Trinajstić information content (AvgIpc) is 2.72. The van der Waals surface area contributed by atoms with Gasteiger partial charge < -0.3 is 9.72 Å². The van der Waals surface area contributed by atoms with Crippen molar-refractivity contribution in [3.63, 3.8) is 0 Å². The summed E-state index contributed by atoms with van der Waals surface area (Å²) in [6, 6.07) is 7.93. The van der Waals surface area contributed by atoms with E-state index >= 15 is 0 Å². The third-order valence-corrected chi connectivity index (χ3v) is 3.19. The number of aryl methyl sites for hydroxylation is 1. The lowest BCUT2D eigenvalue weighted by atomic mass is 10.2. The van der Waals surface area contributed by atoms with Crippen molar-refractivity contribution in [3.05, 3.63) is 39.2 Å². The number of aromatic nitrogens is 2. The summed E-state index contributed by atoms with van der Waals surface area (Å²) in [5.74, 6) is 0.301. The molecule has 18 heavy (non-hydrogen) atoms. The highest BCUT2D eigenvalue weighted by molar-refractivity contribution is 14.1. The van der Waals surface area contributed by atoms with Crippen LogP contribution in [0.1, 0.15) is 23.1 Å². The molecule has 0 spiro atoms. The predicted octanol–water partition coefficient (Wildman–Crippen LogP) is 3.17. The van der Waals surface area contributed by atoms with Crippen LogP contribution in [0.5, 0.6) is 0 Å². The van der Waals surface area contributed by atoms with E-state index in [0.29, 0.717) is 18.1 Å². The summed E-state index contributed by atoms with van der Waals surface area (Å²) in [4.78, 5) is 19.1. The molecule has 0 bridgehead atoms. The molecular formula is C13H13IN2O2. The van der Waals surface area contributed by atoms with E-state index < -0.39 is 0 Å². The van der Waals surface area contributed by atoms with E-state index in [9.17, 15) is 4.79 Å². The van der Waals surface area contributed by atoms with Crippen molar-refractivity contribution in [2.24, 2.45) is 0 Å². The monoisotopic (exact) mass is 356 g/mol. The van der Waals surface area contributed by atoms with Gasteiger partial charge in [-0.3, -0.25) is 0 Å². The molecule has 0 aliphatic rings. The fraction of sp³-hybridized carbons (Fsp3) is 0.231. The lowest BCUT2D eigenvalue weighted by molar-refractivity contribution is 0.0519. The molecular weight excluding hydrogens is 343 g/mol. The van der Waals surface area contributed by atoms with E-state index in [1.165, 1.54) is 0 Å². The molecule has 0 aliphatic heterocycles. The first kappa shape index (κ1) is 13.1. The summed E-state index contributed by atoms with van der Waals surface area (Å²) >= 11 is 2.24. The number of imidazole rings is 1. The zero-order valence-electron chi connectivity index (χ0n) is 10.2. The zero-order valence-corrected chi connectivity index (χ0v) is 12.3. The molecule has 0 radical (unpaired) electrons. The molecule has 0 amide bonds. The van der Waals surface area contributed by atoms with Gasteiger partial charge in [0.05, 0.1) is 6.61 Å². The van der Waals surface area contributed by atoms with Gasteiger partial charge in [-0.2, -0.15) is 0 Å². The van der Waals surface area contributed by atoms with E-state index in [2.05, 4.69) is 32.6 Å². The van der Waals surface area contributed by atoms with Crippen LogP contribution in [0.4, 0.5) is 0 Å². The molecule has 0 fully saturated rings. The minimum absolute atomic E-state index is 0.351. The molecule has 0 saturated carbocycles. The van der Waals surface area contributed by atoms with Gasteiger partial charge in [-0.1, -0.05) is 12.1 Å². The SMILES string of the molecule is CCOC(=O)c1nc(-c2ccc(I)cc2)[nH]c1C. The van der Waals surface area contributed by atoms with Crippen molar-refractivity contribution in [2.75, 3.05) is 6.61 Å². The lowest BCUT2D eigenvalue weighted by Gasteiger charge is -1.98. The Bertz CT molecular complexity index is 561. The number of carbonyl (C=O) groups excluding carboxylic acids is 1. The first-order valence-electron chi connectivity index (χ1n) is 5.61. The van der Waals surface area contributed by atoms with Crippen molar-refractivity contribution in [1.82, 2.24) is 9.97 Å². The van der Waals surface area contributed by atoms with Crippen LogP contribution < -0.4 is 0 Å². The minimum Gasteiger partial charge on any atom is -0.461 e. The molecule has 0 unspecified atom stereocenters. The van der Waals surface area contributed by atoms with Gasteiger partial charge in [0.2, 0.25) is 0 Å². The fourth-order valence-corrected chi connectivity index (χ4v) is 1.96. The third kappa shape index (κ3) is 2.72. The van der Waals surface area contributed by atoms with Crippen LogP contribution in [-0.2, 0) is 4.74 Å². The summed E-state index contributed by atoms with van der Waals surface area (Å²) in [5.41, 5.74) is 2.03. The average molecular weight is 356 g/mol. The van der Waals surface area contributed by atoms with Crippen LogP contribution in [0.2, 0.25) is 0 Å². The van der Waals surface area contributed by atoms with E-state index in [1.807, 2.05) is 31.2 Å². The number of carbonyl (C=O) groups is 1. The van der Waals surface area contributed by atoms with Crippen molar-refractivity contribution in [3.8, 4) is 11.4 Å². The van der Waals surface area contributed by atoms with Gasteiger partial charge in [-0.05, 0) is 48.6 Å². The van der Waals surface area contributed by atoms with Gasteiger partial charge in [0.15, 0.2) is 5.69 Å². The number of esters is 1. The first-order valence-corrected chi connectivity index (χ1v) is 6.69. The van der Waals surface area contributed by atoms with Crippen molar-refractivity contribution < 1.29 is 9.53 Å². The highest BCUT2D eigenvalue weighted by Gasteiger charge is 2.16. The summed E-state index contributed by atoms with van der Waals surface area (Å²) < 4.78 is 6.11. The number of halogens is 1. The molecule has 0 saturated heterocycles. The largest absolute Gasteiger partial charge is 0.461 e. The second-order valence-electron chi connectivity index (χ2n) is 3.79. The quantitative estimate of drug-likeness (QED) is 0.679. The number of benzene rings is 1. The van der Waals surface area contributed by atoms with Crippen LogP contribution in [0.25, 0.3) is 11.4 Å². The molecule has 5 heteroatoms. The van der Waals surface area contributed by atoms with Gasteiger partial charge in [0.1, 0.15) is 5.82 Å². The summed E-state index contributed by atoms with van der Waals surface area (Å²) in [6.45, 7) is 3.94. The van der Waals surface area contributed by atoms with E-state index in [0.717, 1.165) is 14.8 Å². The Morgan fingerprint density at radius 3 is 2.67 bits per heavy atom. The van der Waals surface area contributed by atoms with E-state index in [4.69, 9.17) is 4.74 Å². The Morgan fingerprint density at radius 1 is 1.39 bits per heavy atom. The van der Waals surface area contributed by atoms with Crippen LogP contribution >= 0.6 is 22.6 Å². The molecule has 1 aromatic carbocycles. The molecule has 0 aliphatic carbocycles. The van der Waals surface area contributed by atoms with Crippen LogP contribution in [0.3, 0.4) is 0 Å². The first-order chi connectivity index (χ1) is 8.61. The topological polar surface area (TPSA) is 55.0 Å². The highest BCUT2D eigenvalue weighted by Crippen LogP contribution is 2.19. The lowest BCUT2D eigenvalue weighted by Crippen LogP contribution is -2.06. The summed E-state index contributed by atoms with van der Waals surface area (Å²) in [5, 5.41) is 0. The molecule has 1 N–H and O–H groups in total. The maximum Gasteiger partial charge on any atom is 0.358 e. The third-order valence-electron chi connectivity index (χ3n) is 2.47. The molecule has 94 valence electrons. The number of nitrogens with one attached hydrogen (secondary N) is 1. The van der Waals surface area contributed by atoms with Crippen LogP contribution in [0.15, 0.2) is 24.3 Å². The Morgan fingerprint density at radius 2 is 2.06 bits per heavy atom. The van der Waals surface area contributed by atoms with Crippen molar-refractivity contribution in [2.45, 2.75) is 13.8 Å². The van der Waals surface area contributed by atoms with Crippen molar-refractivity contribution >= 4 is 28.6 Å². The highest BCUT2D eigenvalue weighted by atomic mass is 127. The standard InChI is InChI=1S/C13H13IN2O2/c1-3-18-13(17)11-8(2)15-12(16-11)9-4-6-10(14)7-5-9/h4-7H,3H2,1-2H3,(H,15,16). The maximum absolute atomic E-state index is 11.7. The zero-order chi connectivity index (χ0) is 13.1. The van der Waals surface area contributed by atoms with Gasteiger partial charge >= 0.3 is 5.97 Å². The van der Waals surface area contributed by atoms with Gasteiger partial charge in [-0.15, -0.1) is 0 Å². The smallest absolute Gasteiger partial charge is 0.358 e. The minimum atomic E-state index is -0.386. The van der Waals surface area contributed by atoms with E-state index in [1.54, 1.807) is 6.92 Å². The molecule has 4 nitrogen and oxygen atoms in total. The fourth-order valence-electron chi connectivity index (χ4n) is 1.60. The number of hydrogen-bond donors (Lipinski definition) is 1. The van der Waals surface area contributed by atoms with Gasteiger partial charge in [0, 0.05) is 14.8 Å². The number of H-pyrrole nitrogens is 1. The van der Waals surface area contributed by atoms with Crippen LogP contribution in [0, 0.1) is 10.5 Å². The Labute approximate surface area is 119 Å². The number of ether oxygens (including phenoxy) is 1. The molecule has 0 atom stereocenters. The van der Waals surface area contributed by atoms with Crippen molar-refractivity contribution in [1.29, 1.82) is 0 Å². The summed E-state index contributed by atoms with van der Waals surface area (Å²) in [6.07, 6.45) is 0.